The molecule has 25 heavy (non-hydrogen) atoms. The third kappa shape index (κ3) is 5.14. The second kappa shape index (κ2) is 8.42. The third-order valence-corrected chi connectivity index (χ3v) is 3.90. The van der Waals surface area contributed by atoms with Gasteiger partial charge in [0.1, 0.15) is 11.6 Å². The molecule has 0 aliphatic carbocycles. The maximum absolute atomic E-state index is 13.1. The Morgan fingerprint density at radius 3 is 2.68 bits per heavy atom. The molecule has 2 aromatic rings. The lowest BCUT2D eigenvalue weighted by Crippen LogP contribution is -2.14. The summed E-state index contributed by atoms with van der Waals surface area (Å²) in [6, 6.07) is 9.47. The van der Waals surface area contributed by atoms with Gasteiger partial charge in [-0.25, -0.2) is 9.38 Å². The summed E-state index contributed by atoms with van der Waals surface area (Å²) in [5, 5.41) is 0. The Hall–Kier alpha value is -2.69. The smallest absolute Gasteiger partial charge is 0.200 e. The van der Waals surface area contributed by atoms with E-state index in [1.165, 1.54) is 12.1 Å². The lowest BCUT2D eigenvalue weighted by molar-refractivity contribution is 0.0920. The molecule has 0 fully saturated rings. The molecule has 0 saturated heterocycles. The van der Waals surface area contributed by atoms with Crippen molar-refractivity contribution in [1.29, 1.82) is 0 Å². The van der Waals surface area contributed by atoms with Crippen LogP contribution < -0.4 is 4.74 Å². The minimum atomic E-state index is -0.392. The summed E-state index contributed by atoms with van der Waals surface area (Å²) in [7, 11) is 1.95. The zero-order chi connectivity index (χ0) is 18.4. The summed E-state index contributed by atoms with van der Waals surface area (Å²) in [6.45, 7) is 6.57. The van der Waals surface area contributed by atoms with Crippen LogP contribution in [0.25, 0.3) is 0 Å². The SMILES string of the molecule is CCN(C)C=Nc1cc(C)c(C(=O)COc2cccc(F)c2)cc1C. The van der Waals surface area contributed by atoms with Gasteiger partial charge in [0, 0.05) is 25.2 Å². The number of ketones is 1. The Kier molecular flexibility index (Phi) is 6.28. The highest BCUT2D eigenvalue weighted by Gasteiger charge is 2.13. The molecule has 0 saturated carbocycles. The van der Waals surface area contributed by atoms with E-state index in [1.807, 2.05) is 44.9 Å². The molecule has 0 radical (unpaired) electrons. The van der Waals surface area contributed by atoms with Crippen LogP contribution in [-0.4, -0.2) is 37.2 Å². The van der Waals surface area contributed by atoms with Crippen molar-refractivity contribution in [3.05, 3.63) is 58.9 Å². The van der Waals surface area contributed by atoms with Crippen LogP contribution in [0.15, 0.2) is 41.4 Å². The summed E-state index contributed by atoms with van der Waals surface area (Å²) in [5.41, 5.74) is 3.18. The molecule has 0 heterocycles. The van der Waals surface area contributed by atoms with Crippen molar-refractivity contribution >= 4 is 17.8 Å². The monoisotopic (exact) mass is 342 g/mol. The predicted octanol–water partition coefficient (Wildman–Crippen LogP) is 4.32. The standard InChI is InChI=1S/C20H23FN2O2/c1-5-23(4)13-22-19-10-14(2)18(9-15(19)3)20(24)12-25-17-8-6-7-16(21)11-17/h6-11,13H,5,12H2,1-4H3. The number of rotatable bonds is 7. The van der Waals surface area contributed by atoms with Crippen LogP contribution in [0, 0.1) is 19.7 Å². The number of carbonyl (C=O) groups is 1. The molecule has 132 valence electrons. The van der Waals surface area contributed by atoms with Gasteiger partial charge in [-0.05, 0) is 56.2 Å². The number of Topliss-reactive ketones (excluding diaryl/α,β-unsaturated/α-hetero) is 1. The minimum absolute atomic E-state index is 0.134. The topological polar surface area (TPSA) is 41.9 Å². The molecule has 0 aliphatic rings. The molecule has 4 nitrogen and oxygen atoms in total. The molecule has 0 aliphatic heterocycles. The normalized spacial score (nSPS) is 10.9. The van der Waals surface area contributed by atoms with Gasteiger partial charge in [0.2, 0.25) is 0 Å². The van der Waals surface area contributed by atoms with Gasteiger partial charge in [0.15, 0.2) is 12.4 Å². The highest BCUT2D eigenvalue weighted by molar-refractivity contribution is 5.99. The number of hydrogen-bond donors (Lipinski definition) is 0. The number of benzene rings is 2. The van der Waals surface area contributed by atoms with Gasteiger partial charge in [0.05, 0.1) is 12.0 Å². The van der Waals surface area contributed by atoms with Crippen molar-refractivity contribution in [3.8, 4) is 5.75 Å². The molecule has 2 aromatic carbocycles. The van der Waals surface area contributed by atoms with Crippen molar-refractivity contribution in [2.75, 3.05) is 20.2 Å². The zero-order valence-electron chi connectivity index (χ0n) is 15.0. The van der Waals surface area contributed by atoms with E-state index < -0.39 is 5.82 Å². The van der Waals surface area contributed by atoms with E-state index in [4.69, 9.17) is 4.74 Å². The van der Waals surface area contributed by atoms with E-state index in [0.717, 1.165) is 23.4 Å². The van der Waals surface area contributed by atoms with Crippen molar-refractivity contribution in [1.82, 2.24) is 4.90 Å². The first-order valence-corrected chi connectivity index (χ1v) is 8.18. The van der Waals surface area contributed by atoms with Crippen LogP contribution in [0.4, 0.5) is 10.1 Å². The molecule has 2 rings (SSSR count). The highest BCUT2D eigenvalue weighted by atomic mass is 19.1. The number of nitrogens with zero attached hydrogens (tertiary/aromatic N) is 2. The maximum Gasteiger partial charge on any atom is 0.200 e. The second-order valence-electron chi connectivity index (χ2n) is 5.94. The van der Waals surface area contributed by atoms with Crippen LogP contribution in [0.1, 0.15) is 28.4 Å². The van der Waals surface area contributed by atoms with Crippen LogP contribution in [0.3, 0.4) is 0 Å². The molecule has 5 heteroatoms. The first kappa shape index (κ1) is 18.6. The highest BCUT2D eigenvalue weighted by Crippen LogP contribution is 2.24. The molecule has 0 unspecified atom stereocenters. The lowest BCUT2D eigenvalue weighted by Gasteiger charge is -2.12. The molecule has 0 bridgehead atoms. The number of aryl methyl sites for hydroxylation is 2. The largest absolute Gasteiger partial charge is 0.485 e. The zero-order valence-corrected chi connectivity index (χ0v) is 15.0. The van der Waals surface area contributed by atoms with Crippen LogP contribution in [0.2, 0.25) is 0 Å². The molecule has 0 N–H and O–H groups in total. The van der Waals surface area contributed by atoms with Gasteiger partial charge in [-0.2, -0.15) is 0 Å². The Balaban J connectivity index is 2.12. The van der Waals surface area contributed by atoms with Crippen LogP contribution in [0.5, 0.6) is 5.75 Å². The van der Waals surface area contributed by atoms with Crippen molar-refractivity contribution < 1.29 is 13.9 Å². The fraction of sp³-hybridized carbons (Fsp3) is 0.300. The quantitative estimate of drug-likeness (QED) is 0.428. The van der Waals surface area contributed by atoms with Crippen LogP contribution in [-0.2, 0) is 0 Å². The van der Waals surface area contributed by atoms with E-state index in [0.29, 0.717) is 11.3 Å². The molecule has 0 amide bonds. The summed E-state index contributed by atoms with van der Waals surface area (Å²) < 4.78 is 18.5. The van der Waals surface area contributed by atoms with Gasteiger partial charge in [-0.3, -0.25) is 4.79 Å². The number of hydrogen-bond acceptors (Lipinski definition) is 3. The molecule has 0 aromatic heterocycles. The fourth-order valence-electron chi connectivity index (χ4n) is 2.27. The number of aliphatic imine (C=N–C) groups is 1. The Bertz CT molecular complexity index is 787. The van der Waals surface area contributed by atoms with E-state index in [-0.39, 0.29) is 12.4 Å². The van der Waals surface area contributed by atoms with E-state index >= 15 is 0 Å². The van der Waals surface area contributed by atoms with Gasteiger partial charge in [0.25, 0.3) is 0 Å². The fourth-order valence-corrected chi connectivity index (χ4v) is 2.27. The Morgan fingerprint density at radius 1 is 1.24 bits per heavy atom. The van der Waals surface area contributed by atoms with E-state index in [9.17, 15) is 9.18 Å². The average Bonchev–Trinajstić information content (AvgIpc) is 2.59. The lowest BCUT2D eigenvalue weighted by atomic mass is 10.0. The summed E-state index contributed by atoms with van der Waals surface area (Å²) in [4.78, 5) is 18.9. The van der Waals surface area contributed by atoms with Gasteiger partial charge in [-0.15, -0.1) is 0 Å². The van der Waals surface area contributed by atoms with E-state index in [2.05, 4.69) is 4.99 Å². The van der Waals surface area contributed by atoms with Gasteiger partial charge in [-0.1, -0.05) is 6.07 Å². The number of halogens is 1. The second-order valence-corrected chi connectivity index (χ2v) is 5.94. The molecule has 0 atom stereocenters. The summed E-state index contributed by atoms with van der Waals surface area (Å²) >= 11 is 0. The van der Waals surface area contributed by atoms with Gasteiger partial charge < -0.3 is 9.64 Å². The first-order valence-electron chi connectivity index (χ1n) is 8.18. The molecular weight excluding hydrogens is 319 g/mol. The van der Waals surface area contributed by atoms with Crippen molar-refractivity contribution in [2.24, 2.45) is 4.99 Å². The first-order chi connectivity index (χ1) is 11.9. The number of ether oxygens (including phenoxy) is 1. The average molecular weight is 342 g/mol. The summed E-state index contributed by atoms with van der Waals surface area (Å²) in [5.74, 6) is -0.200. The van der Waals surface area contributed by atoms with Crippen molar-refractivity contribution in [3.63, 3.8) is 0 Å². The van der Waals surface area contributed by atoms with E-state index in [1.54, 1.807) is 18.5 Å². The Labute approximate surface area is 148 Å². The molecule has 0 spiro atoms. The van der Waals surface area contributed by atoms with Crippen molar-refractivity contribution in [2.45, 2.75) is 20.8 Å². The Morgan fingerprint density at radius 2 is 2.00 bits per heavy atom. The molecular formula is C20H23FN2O2. The van der Waals surface area contributed by atoms with Gasteiger partial charge >= 0.3 is 0 Å². The van der Waals surface area contributed by atoms with Crippen LogP contribution >= 0.6 is 0 Å². The third-order valence-electron chi connectivity index (χ3n) is 3.90. The number of carbonyl (C=O) groups excluding carboxylic acids is 1. The predicted molar refractivity (Wildman–Crippen MR) is 98.6 cm³/mol. The maximum atomic E-state index is 13.1. The minimum Gasteiger partial charge on any atom is -0.485 e. The summed E-state index contributed by atoms with van der Waals surface area (Å²) in [6.07, 6.45) is 1.77.